The van der Waals surface area contributed by atoms with Crippen LogP contribution >= 0.6 is 0 Å². The minimum atomic E-state index is 0.0237. The van der Waals surface area contributed by atoms with Crippen molar-refractivity contribution in [3.05, 3.63) is 30.0 Å². The fourth-order valence-corrected chi connectivity index (χ4v) is 4.80. The lowest BCUT2D eigenvalue weighted by molar-refractivity contribution is 0.0574. The zero-order chi connectivity index (χ0) is 18.1. The summed E-state index contributed by atoms with van der Waals surface area (Å²) < 4.78 is 7.26. The fourth-order valence-electron chi connectivity index (χ4n) is 4.80. The number of rotatable bonds is 4. The molecule has 3 heterocycles. The van der Waals surface area contributed by atoms with Crippen LogP contribution in [0, 0.1) is 5.92 Å². The maximum atomic E-state index is 12.8. The van der Waals surface area contributed by atoms with Gasteiger partial charge in [-0.25, -0.2) is 0 Å². The van der Waals surface area contributed by atoms with E-state index in [9.17, 15) is 4.79 Å². The molecule has 1 aromatic carbocycles. The van der Waals surface area contributed by atoms with Crippen LogP contribution in [-0.2, 0) is 7.05 Å². The molecular weight excluding hydrogens is 326 g/mol. The number of fused-ring (bicyclic) bond motifs is 2. The molecule has 2 fully saturated rings. The predicted molar refractivity (Wildman–Crippen MR) is 104 cm³/mol. The number of ether oxygens (including phenoxy) is 1. The van der Waals surface area contributed by atoms with Gasteiger partial charge in [0, 0.05) is 30.5 Å². The van der Waals surface area contributed by atoms with Gasteiger partial charge in [0.25, 0.3) is 5.91 Å². The number of methoxy groups -OCH3 is 1. The molecule has 1 amide bonds. The summed E-state index contributed by atoms with van der Waals surface area (Å²) in [5.41, 5.74) is 1.76. The number of nitrogens with zero attached hydrogens (tertiary/aromatic N) is 2. The van der Waals surface area contributed by atoms with E-state index in [1.54, 1.807) is 7.11 Å². The average Bonchev–Trinajstić information content (AvgIpc) is 3.02. The van der Waals surface area contributed by atoms with Crippen molar-refractivity contribution < 1.29 is 9.53 Å². The smallest absolute Gasteiger partial charge is 0.267 e. The predicted octanol–water partition coefficient (Wildman–Crippen LogP) is 3.18. The van der Waals surface area contributed by atoms with E-state index in [2.05, 4.69) is 10.2 Å². The minimum Gasteiger partial charge on any atom is -0.497 e. The molecular formula is C21H29N3O2. The summed E-state index contributed by atoms with van der Waals surface area (Å²) >= 11 is 0. The number of aromatic nitrogens is 1. The van der Waals surface area contributed by atoms with Gasteiger partial charge in [-0.05, 0) is 69.0 Å². The highest BCUT2D eigenvalue weighted by Gasteiger charge is 2.33. The van der Waals surface area contributed by atoms with Crippen LogP contribution in [0.4, 0.5) is 0 Å². The maximum absolute atomic E-state index is 12.8. The number of carbonyl (C=O) groups excluding carboxylic acids is 1. The van der Waals surface area contributed by atoms with Crippen LogP contribution in [0.1, 0.15) is 42.6 Å². The second kappa shape index (κ2) is 7.31. The summed E-state index contributed by atoms with van der Waals surface area (Å²) in [5.74, 6) is 1.42. The second-order valence-electron chi connectivity index (χ2n) is 7.72. The number of carbonyl (C=O) groups is 1. The first-order valence-corrected chi connectivity index (χ1v) is 9.83. The maximum Gasteiger partial charge on any atom is 0.267 e. The number of piperidine rings is 2. The van der Waals surface area contributed by atoms with E-state index in [0.29, 0.717) is 17.7 Å². The minimum absolute atomic E-state index is 0.0237. The van der Waals surface area contributed by atoms with Gasteiger partial charge in [0.05, 0.1) is 7.11 Å². The summed E-state index contributed by atoms with van der Waals surface area (Å²) in [4.78, 5) is 15.5. The van der Waals surface area contributed by atoms with E-state index in [4.69, 9.17) is 4.74 Å². The van der Waals surface area contributed by atoms with Gasteiger partial charge < -0.3 is 19.5 Å². The first-order chi connectivity index (χ1) is 12.7. The zero-order valence-electron chi connectivity index (χ0n) is 15.8. The van der Waals surface area contributed by atoms with Gasteiger partial charge in [-0.3, -0.25) is 4.79 Å². The van der Waals surface area contributed by atoms with Crippen molar-refractivity contribution in [3.63, 3.8) is 0 Å². The van der Waals surface area contributed by atoms with Gasteiger partial charge in [0.2, 0.25) is 0 Å². The van der Waals surface area contributed by atoms with E-state index in [1.807, 2.05) is 35.9 Å². The lowest BCUT2D eigenvalue weighted by Gasteiger charge is -2.44. The zero-order valence-corrected chi connectivity index (χ0v) is 15.8. The quantitative estimate of drug-likeness (QED) is 0.916. The van der Waals surface area contributed by atoms with Crippen molar-refractivity contribution in [3.8, 4) is 5.75 Å². The monoisotopic (exact) mass is 355 g/mol. The Kier molecular flexibility index (Phi) is 4.90. The molecule has 1 N–H and O–H groups in total. The molecule has 2 atom stereocenters. The Labute approximate surface area is 155 Å². The summed E-state index contributed by atoms with van der Waals surface area (Å²) in [6.45, 7) is 3.26. The Balaban J connectivity index is 1.46. The molecule has 1 aromatic heterocycles. The third-order valence-electron chi connectivity index (χ3n) is 6.24. The van der Waals surface area contributed by atoms with Gasteiger partial charge in [0.15, 0.2) is 0 Å². The van der Waals surface area contributed by atoms with Crippen LogP contribution in [0.2, 0.25) is 0 Å². The normalized spacial score (nSPS) is 23.6. The second-order valence-corrected chi connectivity index (χ2v) is 7.72. The molecule has 2 saturated heterocycles. The first kappa shape index (κ1) is 17.4. The summed E-state index contributed by atoms with van der Waals surface area (Å²) in [6.07, 6.45) is 6.43. The molecule has 2 aliphatic rings. The van der Waals surface area contributed by atoms with Crippen LogP contribution in [0.25, 0.3) is 10.9 Å². The molecule has 0 unspecified atom stereocenters. The number of benzene rings is 1. The van der Waals surface area contributed by atoms with Crippen molar-refractivity contribution in [2.45, 2.75) is 38.1 Å². The Morgan fingerprint density at radius 3 is 2.88 bits per heavy atom. The number of hydrogen-bond donors (Lipinski definition) is 1. The summed E-state index contributed by atoms with van der Waals surface area (Å²) in [5, 5.41) is 4.25. The average molecular weight is 355 g/mol. The molecule has 5 nitrogen and oxygen atoms in total. The van der Waals surface area contributed by atoms with Crippen LogP contribution in [0.15, 0.2) is 24.3 Å². The highest BCUT2D eigenvalue weighted by Crippen LogP contribution is 2.30. The van der Waals surface area contributed by atoms with Gasteiger partial charge in [-0.15, -0.1) is 0 Å². The lowest BCUT2D eigenvalue weighted by Crippen LogP contribution is -2.51. The van der Waals surface area contributed by atoms with Crippen LogP contribution in [0.3, 0.4) is 0 Å². The molecule has 0 saturated carbocycles. The van der Waals surface area contributed by atoms with Crippen molar-refractivity contribution >= 4 is 16.8 Å². The Bertz CT molecular complexity index is 796. The van der Waals surface area contributed by atoms with E-state index in [0.717, 1.165) is 23.2 Å². The SMILES string of the molecule is COc1ccc2c(c1)cc(C(=O)NC[C@@H]1CCCN3CCCC[C@H]13)n2C. The van der Waals surface area contributed by atoms with E-state index in [-0.39, 0.29) is 5.91 Å². The van der Waals surface area contributed by atoms with E-state index in [1.165, 1.54) is 45.2 Å². The number of hydrogen-bond acceptors (Lipinski definition) is 3. The third kappa shape index (κ3) is 3.20. The van der Waals surface area contributed by atoms with Crippen LogP contribution in [0.5, 0.6) is 5.75 Å². The van der Waals surface area contributed by atoms with E-state index >= 15 is 0 Å². The molecule has 5 heteroatoms. The first-order valence-electron chi connectivity index (χ1n) is 9.83. The summed E-state index contributed by atoms with van der Waals surface area (Å²) in [6, 6.07) is 8.54. The van der Waals surface area contributed by atoms with Gasteiger partial charge in [-0.1, -0.05) is 6.42 Å². The van der Waals surface area contributed by atoms with Crippen molar-refractivity contribution in [1.29, 1.82) is 0 Å². The molecule has 0 bridgehead atoms. The number of aryl methyl sites for hydroxylation is 1. The molecule has 0 radical (unpaired) electrons. The molecule has 0 aliphatic carbocycles. The van der Waals surface area contributed by atoms with Crippen LogP contribution < -0.4 is 10.1 Å². The molecule has 2 aliphatic heterocycles. The topological polar surface area (TPSA) is 46.5 Å². The largest absolute Gasteiger partial charge is 0.497 e. The molecule has 0 spiro atoms. The van der Waals surface area contributed by atoms with Gasteiger partial charge in [0.1, 0.15) is 11.4 Å². The molecule has 2 aromatic rings. The highest BCUT2D eigenvalue weighted by molar-refractivity contribution is 5.99. The fraction of sp³-hybridized carbons (Fsp3) is 0.571. The molecule has 26 heavy (non-hydrogen) atoms. The van der Waals surface area contributed by atoms with Crippen LogP contribution in [-0.4, -0.2) is 48.2 Å². The molecule has 140 valence electrons. The van der Waals surface area contributed by atoms with Gasteiger partial charge >= 0.3 is 0 Å². The number of amides is 1. The van der Waals surface area contributed by atoms with E-state index < -0.39 is 0 Å². The van der Waals surface area contributed by atoms with Crippen molar-refractivity contribution in [2.24, 2.45) is 13.0 Å². The highest BCUT2D eigenvalue weighted by atomic mass is 16.5. The Morgan fingerprint density at radius 2 is 2.04 bits per heavy atom. The summed E-state index contributed by atoms with van der Waals surface area (Å²) in [7, 11) is 3.61. The Morgan fingerprint density at radius 1 is 1.19 bits per heavy atom. The van der Waals surface area contributed by atoms with Crippen molar-refractivity contribution in [1.82, 2.24) is 14.8 Å². The standard InChI is InChI=1S/C21H29N3O2/c1-23-18-9-8-17(26-2)12-16(18)13-20(23)21(25)22-14-15-6-5-11-24-10-4-3-7-19(15)24/h8-9,12-13,15,19H,3-7,10-11,14H2,1-2H3,(H,22,25)/t15-,19+/m0/s1. The lowest BCUT2D eigenvalue weighted by atomic mass is 9.83. The van der Waals surface area contributed by atoms with Gasteiger partial charge in [-0.2, -0.15) is 0 Å². The number of nitrogens with one attached hydrogen (secondary N) is 1. The Hall–Kier alpha value is -2.01. The van der Waals surface area contributed by atoms with Crippen molar-refractivity contribution in [2.75, 3.05) is 26.7 Å². The third-order valence-corrected chi connectivity index (χ3v) is 6.24. The molecule has 4 rings (SSSR count).